The Morgan fingerprint density at radius 3 is 2.85 bits per heavy atom. The van der Waals surface area contributed by atoms with Crippen LogP contribution in [0.3, 0.4) is 0 Å². The molecular formula is C14H18BrN3O2. The van der Waals surface area contributed by atoms with E-state index in [1.165, 1.54) is 0 Å². The molecule has 5 nitrogen and oxygen atoms in total. The lowest BCUT2D eigenvalue weighted by Crippen LogP contribution is -2.40. The largest absolute Gasteiger partial charge is 0.351 e. The van der Waals surface area contributed by atoms with E-state index in [0.29, 0.717) is 19.5 Å². The second-order valence-corrected chi connectivity index (χ2v) is 5.95. The minimum absolute atomic E-state index is 0.00360. The second kappa shape index (κ2) is 6.26. The number of nitrogens with zero attached hydrogens (tertiary/aromatic N) is 1. The van der Waals surface area contributed by atoms with Crippen LogP contribution in [0.25, 0.3) is 0 Å². The molecule has 3 amide bonds. The summed E-state index contributed by atoms with van der Waals surface area (Å²) in [6.45, 7) is 3.11. The lowest BCUT2D eigenvalue weighted by atomic mass is 10.1. The van der Waals surface area contributed by atoms with Crippen molar-refractivity contribution in [1.82, 2.24) is 10.2 Å². The number of carbonyl (C=O) groups is 2. The highest BCUT2D eigenvalue weighted by molar-refractivity contribution is 9.10. The number of benzene rings is 1. The van der Waals surface area contributed by atoms with E-state index < -0.39 is 6.03 Å². The van der Waals surface area contributed by atoms with Gasteiger partial charge in [0.1, 0.15) is 0 Å². The van der Waals surface area contributed by atoms with Gasteiger partial charge in [-0.25, -0.2) is 4.79 Å². The van der Waals surface area contributed by atoms with Crippen molar-refractivity contribution in [3.63, 3.8) is 0 Å². The van der Waals surface area contributed by atoms with Gasteiger partial charge in [-0.05, 0) is 30.5 Å². The predicted molar refractivity (Wildman–Crippen MR) is 80.3 cm³/mol. The van der Waals surface area contributed by atoms with Gasteiger partial charge in [0.25, 0.3) is 0 Å². The first-order valence-corrected chi connectivity index (χ1v) is 7.34. The summed E-state index contributed by atoms with van der Waals surface area (Å²) in [5, 5.41) is 2.94. The number of likely N-dealkylation sites (tertiary alicyclic amines) is 1. The smallest absolute Gasteiger partial charge is 0.314 e. The van der Waals surface area contributed by atoms with Crippen LogP contribution in [0.15, 0.2) is 22.7 Å². The molecule has 0 unspecified atom stereocenters. The molecule has 1 saturated heterocycles. The average molecular weight is 340 g/mol. The van der Waals surface area contributed by atoms with E-state index in [1.54, 1.807) is 4.90 Å². The zero-order valence-corrected chi connectivity index (χ0v) is 12.9. The van der Waals surface area contributed by atoms with E-state index in [0.717, 1.165) is 22.0 Å². The highest BCUT2D eigenvalue weighted by Gasteiger charge is 2.25. The number of rotatable bonds is 3. The highest BCUT2D eigenvalue weighted by atomic mass is 79.9. The van der Waals surface area contributed by atoms with E-state index in [2.05, 4.69) is 21.2 Å². The van der Waals surface area contributed by atoms with Crippen molar-refractivity contribution in [2.75, 3.05) is 13.1 Å². The van der Waals surface area contributed by atoms with Crippen LogP contribution >= 0.6 is 15.9 Å². The summed E-state index contributed by atoms with van der Waals surface area (Å²) in [6, 6.07) is 5.47. The standard InChI is InChI=1S/C14H18BrN3O2/c1-9-2-3-10(6-12(9)15)7-13(19)17-11-4-5-18(8-11)14(16)20/h2-3,6,11H,4-5,7-8H2,1H3,(H2,16,20)(H,17,19)/t11-/m0/s1. The van der Waals surface area contributed by atoms with Crippen LogP contribution in [-0.4, -0.2) is 36.0 Å². The third kappa shape index (κ3) is 3.72. The Morgan fingerprint density at radius 1 is 1.50 bits per heavy atom. The summed E-state index contributed by atoms with van der Waals surface area (Å²) in [6.07, 6.45) is 1.10. The van der Waals surface area contributed by atoms with Gasteiger partial charge in [-0.2, -0.15) is 0 Å². The van der Waals surface area contributed by atoms with Gasteiger partial charge in [-0.1, -0.05) is 28.1 Å². The molecule has 0 aromatic heterocycles. The molecule has 108 valence electrons. The number of primary amides is 1. The highest BCUT2D eigenvalue weighted by Crippen LogP contribution is 2.18. The Bertz CT molecular complexity index is 533. The third-order valence-corrected chi connectivity index (χ3v) is 4.32. The molecule has 1 aliphatic heterocycles. The van der Waals surface area contributed by atoms with Crippen LogP contribution in [0.4, 0.5) is 4.79 Å². The third-order valence-electron chi connectivity index (χ3n) is 3.47. The molecule has 0 aliphatic carbocycles. The lowest BCUT2D eigenvalue weighted by Gasteiger charge is -2.14. The summed E-state index contributed by atoms with van der Waals surface area (Å²) in [5.41, 5.74) is 7.32. The van der Waals surface area contributed by atoms with Crippen LogP contribution in [-0.2, 0) is 11.2 Å². The zero-order chi connectivity index (χ0) is 14.7. The summed E-state index contributed by atoms with van der Waals surface area (Å²) >= 11 is 3.46. The fourth-order valence-electron chi connectivity index (χ4n) is 2.29. The topological polar surface area (TPSA) is 75.4 Å². The van der Waals surface area contributed by atoms with Crippen molar-refractivity contribution < 1.29 is 9.59 Å². The van der Waals surface area contributed by atoms with E-state index >= 15 is 0 Å². The molecule has 0 radical (unpaired) electrons. The number of carbonyl (C=O) groups excluding carboxylic acids is 2. The number of halogens is 1. The SMILES string of the molecule is Cc1ccc(CC(=O)N[C@H]2CCN(C(N)=O)C2)cc1Br. The number of nitrogens with one attached hydrogen (secondary N) is 1. The normalized spacial score (nSPS) is 18.1. The van der Waals surface area contributed by atoms with E-state index in [4.69, 9.17) is 5.73 Å². The van der Waals surface area contributed by atoms with Crippen LogP contribution in [0.1, 0.15) is 17.5 Å². The molecular weight excluding hydrogens is 322 g/mol. The Labute approximate surface area is 126 Å². The van der Waals surface area contributed by atoms with Gasteiger partial charge in [0.15, 0.2) is 0 Å². The maximum absolute atomic E-state index is 12.0. The molecule has 0 saturated carbocycles. The molecule has 3 N–H and O–H groups in total. The quantitative estimate of drug-likeness (QED) is 0.876. The molecule has 20 heavy (non-hydrogen) atoms. The van der Waals surface area contributed by atoms with Crippen LogP contribution in [0.5, 0.6) is 0 Å². The van der Waals surface area contributed by atoms with Crippen molar-refractivity contribution in [3.05, 3.63) is 33.8 Å². The van der Waals surface area contributed by atoms with Crippen molar-refractivity contribution in [3.8, 4) is 0 Å². The van der Waals surface area contributed by atoms with Crippen molar-refractivity contribution >= 4 is 27.9 Å². The average Bonchev–Trinajstić information content (AvgIpc) is 2.82. The lowest BCUT2D eigenvalue weighted by molar-refractivity contribution is -0.121. The van der Waals surface area contributed by atoms with Gasteiger partial charge in [-0.15, -0.1) is 0 Å². The summed E-state index contributed by atoms with van der Waals surface area (Å²) in [7, 11) is 0. The molecule has 1 fully saturated rings. The first kappa shape index (κ1) is 14.8. The summed E-state index contributed by atoms with van der Waals surface area (Å²) in [4.78, 5) is 24.6. The van der Waals surface area contributed by atoms with Crippen LogP contribution in [0, 0.1) is 6.92 Å². The van der Waals surface area contributed by atoms with E-state index in [-0.39, 0.29) is 11.9 Å². The monoisotopic (exact) mass is 339 g/mol. The number of amides is 3. The van der Waals surface area contributed by atoms with Crippen molar-refractivity contribution in [1.29, 1.82) is 0 Å². The van der Waals surface area contributed by atoms with E-state index in [1.807, 2.05) is 25.1 Å². The summed E-state index contributed by atoms with van der Waals surface area (Å²) < 4.78 is 1.00. The van der Waals surface area contributed by atoms with Crippen molar-refractivity contribution in [2.45, 2.75) is 25.8 Å². The Balaban J connectivity index is 1.87. The van der Waals surface area contributed by atoms with Crippen LogP contribution in [0.2, 0.25) is 0 Å². The van der Waals surface area contributed by atoms with Crippen LogP contribution < -0.4 is 11.1 Å². The molecule has 1 aromatic rings. The summed E-state index contributed by atoms with van der Waals surface area (Å²) in [5.74, 6) is -0.0305. The number of aryl methyl sites for hydroxylation is 1. The van der Waals surface area contributed by atoms with Gasteiger partial charge >= 0.3 is 6.03 Å². The Kier molecular flexibility index (Phi) is 4.65. The predicted octanol–water partition coefficient (Wildman–Crippen LogP) is 1.57. The van der Waals surface area contributed by atoms with Gasteiger partial charge in [0.2, 0.25) is 5.91 Å². The molecule has 6 heteroatoms. The first-order valence-electron chi connectivity index (χ1n) is 6.54. The van der Waals surface area contributed by atoms with Gasteiger partial charge in [0, 0.05) is 23.6 Å². The Hall–Kier alpha value is -1.56. The van der Waals surface area contributed by atoms with Gasteiger partial charge < -0.3 is 16.0 Å². The van der Waals surface area contributed by atoms with Gasteiger partial charge in [0.05, 0.1) is 6.42 Å². The number of urea groups is 1. The number of nitrogens with two attached hydrogens (primary N) is 1. The molecule has 1 heterocycles. The zero-order valence-electron chi connectivity index (χ0n) is 11.4. The number of hydrogen-bond donors (Lipinski definition) is 2. The molecule has 1 aromatic carbocycles. The molecule has 1 atom stereocenters. The second-order valence-electron chi connectivity index (χ2n) is 5.10. The first-order chi connectivity index (χ1) is 9.45. The van der Waals surface area contributed by atoms with Gasteiger partial charge in [-0.3, -0.25) is 4.79 Å². The number of hydrogen-bond acceptors (Lipinski definition) is 2. The minimum atomic E-state index is -0.427. The fraction of sp³-hybridized carbons (Fsp3) is 0.429. The van der Waals surface area contributed by atoms with E-state index in [9.17, 15) is 9.59 Å². The molecule has 0 bridgehead atoms. The molecule has 2 rings (SSSR count). The molecule has 1 aliphatic rings. The van der Waals surface area contributed by atoms with Crippen molar-refractivity contribution in [2.24, 2.45) is 5.73 Å². The molecule has 0 spiro atoms. The maximum Gasteiger partial charge on any atom is 0.314 e. The Morgan fingerprint density at radius 2 is 2.25 bits per heavy atom. The fourth-order valence-corrected chi connectivity index (χ4v) is 2.71. The maximum atomic E-state index is 12.0. The minimum Gasteiger partial charge on any atom is -0.351 e.